The molecule has 5 rings (SSSR count). The summed E-state index contributed by atoms with van der Waals surface area (Å²) < 4.78 is 40.1. The van der Waals surface area contributed by atoms with Gasteiger partial charge in [-0.2, -0.15) is 13.2 Å². The summed E-state index contributed by atoms with van der Waals surface area (Å²) in [6.07, 6.45) is -2.44. The summed E-state index contributed by atoms with van der Waals surface area (Å²) in [4.78, 5) is 27.4. The molecule has 2 heterocycles. The second-order valence-corrected chi connectivity index (χ2v) is 8.22. The van der Waals surface area contributed by atoms with E-state index in [1.165, 1.54) is 23.1 Å². The molecule has 0 fully saturated rings. The lowest BCUT2D eigenvalue weighted by Gasteiger charge is -2.17. The van der Waals surface area contributed by atoms with Crippen LogP contribution in [0.5, 0.6) is 0 Å². The topological polar surface area (TPSA) is 93.0 Å². The van der Waals surface area contributed by atoms with Crippen LogP contribution in [-0.4, -0.2) is 38.6 Å². The fourth-order valence-electron chi connectivity index (χ4n) is 4.19. The van der Waals surface area contributed by atoms with Crippen molar-refractivity contribution in [3.8, 4) is 11.1 Å². The van der Waals surface area contributed by atoms with Crippen LogP contribution in [0.25, 0.3) is 11.1 Å². The van der Waals surface area contributed by atoms with Crippen LogP contribution in [0.3, 0.4) is 0 Å². The summed E-state index contributed by atoms with van der Waals surface area (Å²) >= 11 is 0. The quantitative estimate of drug-likeness (QED) is 0.451. The van der Waals surface area contributed by atoms with Gasteiger partial charge in [0.15, 0.2) is 0 Å². The fraction of sp³-hybridized carbons (Fsp3) is 0.160. The molecular formula is C25H19F3N6O2. The Morgan fingerprint density at radius 2 is 1.78 bits per heavy atom. The lowest BCUT2D eigenvalue weighted by Crippen LogP contribution is -2.32. The van der Waals surface area contributed by atoms with E-state index >= 15 is 0 Å². The van der Waals surface area contributed by atoms with Gasteiger partial charge >= 0.3 is 6.18 Å². The number of anilines is 2. The first-order chi connectivity index (χ1) is 17.3. The van der Waals surface area contributed by atoms with Gasteiger partial charge in [-0.15, -0.1) is 5.10 Å². The van der Waals surface area contributed by atoms with E-state index in [4.69, 9.17) is 0 Å². The molecule has 36 heavy (non-hydrogen) atoms. The summed E-state index contributed by atoms with van der Waals surface area (Å²) in [5, 5.41) is 13.6. The zero-order valence-corrected chi connectivity index (χ0v) is 18.7. The average Bonchev–Trinajstić information content (AvgIpc) is 3.53. The summed E-state index contributed by atoms with van der Waals surface area (Å²) in [5.74, 6) is -0.543. The Morgan fingerprint density at radius 1 is 1.00 bits per heavy atom. The van der Waals surface area contributed by atoms with Crippen molar-refractivity contribution in [1.29, 1.82) is 0 Å². The van der Waals surface area contributed by atoms with Crippen LogP contribution in [0.4, 0.5) is 24.5 Å². The molecule has 1 N–H and O–H groups in total. The van der Waals surface area contributed by atoms with Crippen molar-refractivity contribution < 1.29 is 22.8 Å². The number of rotatable bonds is 5. The van der Waals surface area contributed by atoms with E-state index in [1.807, 2.05) is 6.07 Å². The molecule has 11 heteroatoms. The summed E-state index contributed by atoms with van der Waals surface area (Å²) in [6, 6.07) is 16.7. The van der Waals surface area contributed by atoms with Gasteiger partial charge in [0, 0.05) is 23.5 Å². The van der Waals surface area contributed by atoms with Crippen molar-refractivity contribution in [3.63, 3.8) is 0 Å². The first kappa shape index (κ1) is 23.2. The molecule has 0 bridgehead atoms. The molecule has 182 valence electrons. The van der Waals surface area contributed by atoms with Crippen molar-refractivity contribution in [2.75, 3.05) is 16.8 Å². The third kappa shape index (κ3) is 4.67. The van der Waals surface area contributed by atoms with Crippen LogP contribution in [0.2, 0.25) is 0 Å². The summed E-state index contributed by atoms with van der Waals surface area (Å²) in [7, 11) is 0. The molecule has 0 spiro atoms. The van der Waals surface area contributed by atoms with Gasteiger partial charge in [-0.25, -0.2) is 4.68 Å². The van der Waals surface area contributed by atoms with Crippen LogP contribution in [0.1, 0.15) is 21.5 Å². The fourth-order valence-corrected chi connectivity index (χ4v) is 4.19. The first-order valence-electron chi connectivity index (χ1n) is 11.0. The molecule has 0 unspecified atom stereocenters. The number of nitrogens with zero attached hydrogens (tertiary/aromatic N) is 5. The van der Waals surface area contributed by atoms with Gasteiger partial charge < -0.3 is 10.2 Å². The molecule has 1 aliphatic heterocycles. The van der Waals surface area contributed by atoms with Crippen LogP contribution in [0, 0.1) is 0 Å². The third-order valence-electron chi connectivity index (χ3n) is 5.92. The molecule has 0 radical (unpaired) electrons. The maximum atomic E-state index is 13.1. The Bertz CT molecular complexity index is 1420. The maximum Gasteiger partial charge on any atom is 0.416 e. The standard InChI is InChI=1S/C25H19F3N6O2/c26-25(27,28)18-7-5-16(6-8-18)20-3-1-2-4-21(20)24(36)30-19-9-10-22-17(13-19)11-12-34(22)23(35)14-33-15-29-31-32-33/h1-10,13,15H,11-12,14H2,(H,30,36). The maximum absolute atomic E-state index is 13.1. The lowest BCUT2D eigenvalue weighted by atomic mass is 9.98. The summed E-state index contributed by atoms with van der Waals surface area (Å²) in [5.41, 5.74) is 2.82. The highest BCUT2D eigenvalue weighted by molar-refractivity contribution is 6.09. The number of amides is 2. The normalized spacial score (nSPS) is 12.9. The van der Waals surface area contributed by atoms with Crippen LogP contribution in [0.15, 0.2) is 73.1 Å². The molecule has 2 amide bonds. The van der Waals surface area contributed by atoms with Crippen molar-refractivity contribution >= 4 is 23.2 Å². The Balaban J connectivity index is 1.33. The van der Waals surface area contributed by atoms with Crippen molar-refractivity contribution in [1.82, 2.24) is 20.2 Å². The molecule has 0 saturated heterocycles. The smallest absolute Gasteiger partial charge is 0.322 e. The van der Waals surface area contributed by atoms with E-state index < -0.39 is 17.6 Å². The van der Waals surface area contributed by atoms with Crippen LogP contribution >= 0.6 is 0 Å². The van der Waals surface area contributed by atoms with Gasteiger partial charge in [-0.3, -0.25) is 9.59 Å². The minimum absolute atomic E-state index is 0.0195. The second-order valence-electron chi connectivity index (χ2n) is 8.22. The number of hydrogen-bond donors (Lipinski definition) is 1. The molecular weight excluding hydrogens is 473 g/mol. The average molecular weight is 492 g/mol. The zero-order valence-electron chi connectivity index (χ0n) is 18.7. The second kappa shape index (κ2) is 9.25. The third-order valence-corrected chi connectivity index (χ3v) is 5.92. The minimum Gasteiger partial charge on any atom is -0.322 e. The number of halogens is 3. The summed E-state index contributed by atoms with van der Waals surface area (Å²) in [6.45, 7) is 0.524. The number of nitrogens with one attached hydrogen (secondary N) is 1. The highest BCUT2D eigenvalue weighted by atomic mass is 19.4. The number of fused-ring (bicyclic) bond motifs is 1. The predicted molar refractivity (Wildman–Crippen MR) is 125 cm³/mol. The van der Waals surface area contributed by atoms with Crippen molar-refractivity contribution in [2.45, 2.75) is 19.1 Å². The molecule has 1 aromatic heterocycles. The molecule has 8 nitrogen and oxygen atoms in total. The van der Waals surface area contributed by atoms with E-state index in [9.17, 15) is 22.8 Å². The Hall–Kier alpha value is -4.54. The molecule has 4 aromatic rings. The van der Waals surface area contributed by atoms with Gasteiger partial charge in [0.05, 0.1) is 5.56 Å². The van der Waals surface area contributed by atoms with E-state index in [-0.39, 0.29) is 12.5 Å². The minimum atomic E-state index is -4.43. The van der Waals surface area contributed by atoms with E-state index in [2.05, 4.69) is 20.8 Å². The molecule has 0 atom stereocenters. The predicted octanol–water partition coefficient (Wildman–Crippen LogP) is 4.20. The number of hydrogen-bond acceptors (Lipinski definition) is 5. The largest absolute Gasteiger partial charge is 0.416 e. The highest BCUT2D eigenvalue weighted by Gasteiger charge is 2.30. The van der Waals surface area contributed by atoms with Crippen LogP contribution < -0.4 is 10.2 Å². The van der Waals surface area contributed by atoms with Gasteiger partial charge in [0.1, 0.15) is 12.9 Å². The number of aromatic nitrogens is 4. The Labute approximate surface area is 203 Å². The zero-order chi connectivity index (χ0) is 25.3. The van der Waals surface area contributed by atoms with Gasteiger partial charge in [0.2, 0.25) is 5.91 Å². The van der Waals surface area contributed by atoms with E-state index in [1.54, 1.807) is 41.3 Å². The van der Waals surface area contributed by atoms with Gasteiger partial charge in [0.25, 0.3) is 5.91 Å². The lowest BCUT2D eigenvalue weighted by molar-refractivity contribution is -0.137. The number of carbonyl (C=O) groups excluding carboxylic acids is 2. The molecule has 0 aliphatic carbocycles. The number of tetrazole rings is 1. The highest BCUT2D eigenvalue weighted by Crippen LogP contribution is 2.33. The van der Waals surface area contributed by atoms with Gasteiger partial charge in [-0.05, 0) is 69.9 Å². The van der Waals surface area contributed by atoms with Crippen molar-refractivity contribution in [2.24, 2.45) is 0 Å². The van der Waals surface area contributed by atoms with E-state index in [0.717, 1.165) is 23.4 Å². The van der Waals surface area contributed by atoms with E-state index in [0.29, 0.717) is 35.3 Å². The Kier molecular flexibility index (Phi) is 5.96. The van der Waals surface area contributed by atoms with Crippen molar-refractivity contribution in [3.05, 3.63) is 89.7 Å². The van der Waals surface area contributed by atoms with Gasteiger partial charge in [-0.1, -0.05) is 30.3 Å². The number of carbonyl (C=O) groups is 2. The number of alkyl halides is 3. The monoisotopic (exact) mass is 492 g/mol. The molecule has 0 saturated carbocycles. The SMILES string of the molecule is O=C(Nc1ccc2c(c1)CCN2C(=O)Cn1cnnn1)c1ccccc1-c1ccc(C(F)(F)F)cc1. The van der Waals surface area contributed by atoms with Crippen LogP contribution in [-0.2, 0) is 23.9 Å². The molecule has 3 aromatic carbocycles. The number of benzene rings is 3. The first-order valence-corrected chi connectivity index (χ1v) is 11.0. The Morgan fingerprint density at radius 3 is 2.50 bits per heavy atom. The molecule has 1 aliphatic rings.